The fraction of sp³-hybridized carbons (Fsp3) is 0.500. The number of rotatable bonds is 6. The molecule has 25 heavy (non-hydrogen) atoms. The second-order valence-electron chi connectivity index (χ2n) is 6.50. The second-order valence-corrected chi connectivity index (χ2v) is 6.50. The number of nitrogens with zero attached hydrogens (tertiary/aromatic N) is 5. The van der Waals surface area contributed by atoms with E-state index in [1.165, 1.54) is 17.5 Å². The largest absolute Gasteiger partial charge is 0.338 e. The number of aromatic nitrogens is 3. The van der Waals surface area contributed by atoms with Crippen LogP contribution in [0.3, 0.4) is 0 Å². The molecule has 1 fully saturated rings. The van der Waals surface area contributed by atoms with Crippen molar-refractivity contribution in [3.05, 3.63) is 48.0 Å². The molecule has 134 valence electrons. The number of hydrogen-bond acceptors (Lipinski definition) is 4. The van der Waals surface area contributed by atoms with Gasteiger partial charge in [-0.2, -0.15) is 5.10 Å². The van der Waals surface area contributed by atoms with Gasteiger partial charge in [-0.1, -0.05) is 29.8 Å². The molecule has 0 radical (unpaired) electrons. The molecule has 1 aliphatic rings. The average molecular weight is 342 g/mol. The van der Waals surface area contributed by atoms with Crippen molar-refractivity contribution >= 4 is 6.03 Å². The number of urea groups is 1. The quantitative estimate of drug-likeness (QED) is 0.808. The van der Waals surface area contributed by atoms with Gasteiger partial charge in [0.2, 0.25) is 0 Å². The standard InChI is InChI=1S/C18H26N6O/c1-16-4-2-5-17(12-16)13-22-8-10-23(11-9-22)18(25)20-6-3-7-24-15-19-14-21-24/h2,4-5,12,14-15H,3,6-11,13H2,1H3,(H,20,25). The van der Waals surface area contributed by atoms with E-state index in [4.69, 9.17) is 0 Å². The first-order chi connectivity index (χ1) is 12.2. The summed E-state index contributed by atoms with van der Waals surface area (Å²) in [6.45, 7) is 7.89. The van der Waals surface area contributed by atoms with Crippen LogP contribution in [0.4, 0.5) is 4.79 Å². The molecule has 0 saturated carbocycles. The molecule has 1 aromatic carbocycles. The van der Waals surface area contributed by atoms with E-state index < -0.39 is 0 Å². The molecule has 0 atom stereocenters. The molecule has 2 heterocycles. The summed E-state index contributed by atoms with van der Waals surface area (Å²) in [4.78, 5) is 20.4. The summed E-state index contributed by atoms with van der Waals surface area (Å²) in [6.07, 6.45) is 4.06. The summed E-state index contributed by atoms with van der Waals surface area (Å²) < 4.78 is 1.77. The van der Waals surface area contributed by atoms with Crippen molar-refractivity contribution in [1.82, 2.24) is 29.9 Å². The normalized spacial score (nSPS) is 15.3. The summed E-state index contributed by atoms with van der Waals surface area (Å²) in [6, 6.07) is 8.66. The van der Waals surface area contributed by atoms with E-state index in [-0.39, 0.29) is 6.03 Å². The molecule has 1 saturated heterocycles. The summed E-state index contributed by atoms with van der Waals surface area (Å²) in [5, 5.41) is 7.04. The van der Waals surface area contributed by atoms with Crippen molar-refractivity contribution in [3.8, 4) is 0 Å². The van der Waals surface area contributed by atoms with Gasteiger partial charge in [-0.3, -0.25) is 9.58 Å². The van der Waals surface area contributed by atoms with Gasteiger partial charge in [0.15, 0.2) is 0 Å². The minimum Gasteiger partial charge on any atom is -0.338 e. The Hall–Kier alpha value is -2.41. The molecule has 1 aromatic heterocycles. The third kappa shape index (κ3) is 5.29. The molecule has 0 unspecified atom stereocenters. The number of nitrogens with one attached hydrogen (secondary N) is 1. The molecule has 0 bridgehead atoms. The predicted molar refractivity (Wildman–Crippen MR) is 96.1 cm³/mol. The van der Waals surface area contributed by atoms with E-state index in [0.29, 0.717) is 6.54 Å². The number of amides is 2. The third-order valence-electron chi connectivity index (χ3n) is 4.45. The zero-order valence-corrected chi connectivity index (χ0v) is 14.8. The van der Waals surface area contributed by atoms with Crippen molar-refractivity contribution in [3.63, 3.8) is 0 Å². The van der Waals surface area contributed by atoms with E-state index in [0.717, 1.165) is 45.7 Å². The molecule has 2 amide bonds. The van der Waals surface area contributed by atoms with E-state index in [1.54, 1.807) is 11.0 Å². The van der Waals surface area contributed by atoms with Crippen molar-refractivity contribution in [2.45, 2.75) is 26.4 Å². The van der Waals surface area contributed by atoms with Crippen molar-refractivity contribution in [2.75, 3.05) is 32.7 Å². The molecule has 0 aliphatic carbocycles. The van der Waals surface area contributed by atoms with Crippen LogP contribution in [0.2, 0.25) is 0 Å². The number of carbonyl (C=O) groups excluding carboxylic acids is 1. The third-order valence-corrected chi connectivity index (χ3v) is 4.45. The van der Waals surface area contributed by atoms with Crippen LogP contribution in [-0.4, -0.2) is 63.3 Å². The molecule has 1 N–H and O–H groups in total. The van der Waals surface area contributed by atoms with Gasteiger partial charge in [0.05, 0.1) is 0 Å². The lowest BCUT2D eigenvalue weighted by Gasteiger charge is -2.34. The number of hydrogen-bond donors (Lipinski definition) is 1. The number of benzene rings is 1. The highest BCUT2D eigenvalue weighted by Gasteiger charge is 2.20. The molecule has 3 rings (SSSR count). The highest BCUT2D eigenvalue weighted by molar-refractivity contribution is 5.74. The SMILES string of the molecule is Cc1cccc(CN2CCN(C(=O)NCCCn3cncn3)CC2)c1. The highest BCUT2D eigenvalue weighted by Crippen LogP contribution is 2.10. The Balaban J connectivity index is 1.34. The van der Waals surface area contributed by atoms with Crippen LogP contribution in [-0.2, 0) is 13.1 Å². The molecule has 7 heteroatoms. The lowest BCUT2D eigenvalue weighted by molar-refractivity contribution is 0.135. The van der Waals surface area contributed by atoms with Gasteiger partial charge < -0.3 is 10.2 Å². The smallest absolute Gasteiger partial charge is 0.317 e. The van der Waals surface area contributed by atoms with Gasteiger partial charge in [-0.05, 0) is 18.9 Å². The monoisotopic (exact) mass is 342 g/mol. The van der Waals surface area contributed by atoms with Crippen LogP contribution in [0.1, 0.15) is 17.5 Å². The molecule has 0 spiro atoms. The van der Waals surface area contributed by atoms with Crippen LogP contribution in [0.25, 0.3) is 0 Å². The first-order valence-corrected chi connectivity index (χ1v) is 8.84. The Morgan fingerprint density at radius 1 is 1.24 bits per heavy atom. The molecular weight excluding hydrogens is 316 g/mol. The maximum absolute atomic E-state index is 12.2. The second kappa shape index (κ2) is 8.62. The van der Waals surface area contributed by atoms with Gasteiger partial charge >= 0.3 is 6.03 Å². The summed E-state index contributed by atoms with van der Waals surface area (Å²) in [7, 11) is 0. The number of piperazine rings is 1. The highest BCUT2D eigenvalue weighted by atomic mass is 16.2. The minimum absolute atomic E-state index is 0.0359. The fourth-order valence-electron chi connectivity index (χ4n) is 3.07. The molecule has 1 aliphatic heterocycles. The van der Waals surface area contributed by atoms with E-state index >= 15 is 0 Å². The van der Waals surface area contributed by atoms with E-state index in [2.05, 4.69) is 51.5 Å². The van der Waals surface area contributed by atoms with E-state index in [9.17, 15) is 4.79 Å². The lowest BCUT2D eigenvalue weighted by Crippen LogP contribution is -2.51. The Morgan fingerprint density at radius 2 is 2.08 bits per heavy atom. The topological polar surface area (TPSA) is 66.3 Å². The molecule has 7 nitrogen and oxygen atoms in total. The first-order valence-electron chi connectivity index (χ1n) is 8.84. The van der Waals surface area contributed by atoms with E-state index in [1.807, 2.05) is 4.90 Å². The maximum atomic E-state index is 12.2. The van der Waals surface area contributed by atoms with Gasteiger partial charge in [-0.15, -0.1) is 0 Å². The van der Waals surface area contributed by atoms with Crippen LogP contribution in [0.5, 0.6) is 0 Å². The van der Waals surface area contributed by atoms with Gasteiger partial charge in [0.25, 0.3) is 0 Å². The Bertz CT molecular complexity index is 664. The van der Waals surface area contributed by atoms with Gasteiger partial charge in [0.1, 0.15) is 12.7 Å². The fourth-order valence-corrected chi connectivity index (χ4v) is 3.07. The van der Waals surface area contributed by atoms with Crippen molar-refractivity contribution in [2.24, 2.45) is 0 Å². The summed E-state index contributed by atoms with van der Waals surface area (Å²) in [5.74, 6) is 0. The summed E-state index contributed by atoms with van der Waals surface area (Å²) >= 11 is 0. The Kier molecular flexibility index (Phi) is 6.00. The zero-order valence-electron chi connectivity index (χ0n) is 14.8. The predicted octanol–water partition coefficient (Wildman–Crippen LogP) is 1.50. The van der Waals surface area contributed by atoms with Crippen LogP contribution < -0.4 is 5.32 Å². The number of carbonyl (C=O) groups is 1. The maximum Gasteiger partial charge on any atom is 0.317 e. The molecular formula is C18H26N6O. The minimum atomic E-state index is 0.0359. The van der Waals surface area contributed by atoms with Crippen LogP contribution in [0, 0.1) is 6.92 Å². The van der Waals surface area contributed by atoms with Crippen molar-refractivity contribution in [1.29, 1.82) is 0 Å². The van der Waals surface area contributed by atoms with Crippen molar-refractivity contribution < 1.29 is 4.79 Å². The Morgan fingerprint density at radius 3 is 2.80 bits per heavy atom. The average Bonchev–Trinajstić information content (AvgIpc) is 3.13. The zero-order chi connectivity index (χ0) is 17.5. The Labute approximate surface area is 148 Å². The summed E-state index contributed by atoms with van der Waals surface area (Å²) in [5.41, 5.74) is 2.63. The number of aryl methyl sites for hydroxylation is 2. The molecule has 2 aromatic rings. The lowest BCUT2D eigenvalue weighted by atomic mass is 10.1. The first kappa shape index (κ1) is 17.4. The van der Waals surface area contributed by atoms with Gasteiger partial charge in [0, 0.05) is 45.8 Å². The van der Waals surface area contributed by atoms with Crippen LogP contribution >= 0.6 is 0 Å². The van der Waals surface area contributed by atoms with Crippen LogP contribution in [0.15, 0.2) is 36.9 Å². The van der Waals surface area contributed by atoms with Gasteiger partial charge in [-0.25, -0.2) is 9.78 Å².